The Morgan fingerprint density at radius 1 is 1.06 bits per heavy atom. The molecular weight excluding hydrogens is 411 g/mol. The number of carbonyl (C=O) groups is 2. The molecule has 1 fully saturated rings. The van der Waals surface area contributed by atoms with Crippen molar-refractivity contribution in [3.63, 3.8) is 0 Å². The molecule has 0 radical (unpaired) electrons. The maximum atomic E-state index is 14.3. The third kappa shape index (κ3) is 4.49. The summed E-state index contributed by atoms with van der Waals surface area (Å²) < 4.78 is 14.3. The predicted octanol–water partition coefficient (Wildman–Crippen LogP) is 5.74. The summed E-state index contributed by atoms with van der Waals surface area (Å²) in [6.07, 6.45) is 0.701. The van der Waals surface area contributed by atoms with Crippen LogP contribution in [0, 0.1) is 5.82 Å². The Morgan fingerprint density at radius 3 is 2.42 bits per heavy atom. The molecule has 2 atom stereocenters. The normalized spacial score (nSPS) is 16.9. The second kappa shape index (κ2) is 9.35. The fourth-order valence-electron chi connectivity index (χ4n) is 3.80. The zero-order valence-electron chi connectivity index (χ0n) is 17.1. The minimum absolute atomic E-state index is 0.0557. The van der Waals surface area contributed by atoms with Gasteiger partial charge in [-0.25, -0.2) is 4.39 Å². The average molecular weight is 435 g/mol. The van der Waals surface area contributed by atoms with Crippen LogP contribution in [-0.4, -0.2) is 17.6 Å². The number of benzene rings is 3. The molecule has 1 heterocycles. The van der Waals surface area contributed by atoms with Crippen LogP contribution in [0.15, 0.2) is 78.9 Å². The summed E-state index contributed by atoms with van der Waals surface area (Å²) in [5.41, 5.74) is 2.84. The molecular formula is C25H23FN2O2S. The van der Waals surface area contributed by atoms with E-state index in [2.05, 4.69) is 5.32 Å². The number of hydrogen-bond acceptors (Lipinski definition) is 3. The van der Waals surface area contributed by atoms with Gasteiger partial charge in [-0.15, -0.1) is 11.8 Å². The van der Waals surface area contributed by atoms with Gasteiger partial charge in [0, 0.05) is 5.69 Å². The number of halogens is 1. The van der Waals surface area contributed by atoms with Gasteiger partial charge in [0.05, 0.1) is 17.4 Å². The number of thioether (sulfide) groups is 1. The topological polar surface area (TPSA) is 49.4 Å². The van der Waals surface area contributed by atoms with Crippen LogP contribution < -0.4 is 10.2 Å². The first-order chi connectivity index (χ1) is 15.1. The molecule has 1 aliphatic heterocycles. The molecule has 3 aromatic rings. The van der Waals surface area contributed by atoms with Gasteiger partial charge in [-0.1, -0.05) is 61.5 Å². The highest BCUT2D eigenvalue weighted by atomic mass is 32.2. The van der Waals surface area contributed by atoms with Crippen LogP contribution >= 0.6 is 11.8 Å². The van der Waals surface area contributed by atoms with E-state index in [1.807, 2.05) is 61.5 Å². The van der Waals surface area contributed by atoms with Gasteiger partial charge in [-0.3, -0.25) is 14.5 Å². The Morgan fingerprint density at radius 2 is 1.74 bits per heavy atom. The highest BCUT2D eigenvalue weighted by molar-refractivity contribution is 8.00. The molecule has 0 aromatic heterocycles. The Balaban J connectivity index is 1.51. The average Bonchev–Trinajstić information content (AvgIpc) is 3.17. The molecule has 4 rings (SSSR count). The Labute approximate surface area is 185 Å². The number of carbonyl (C=O) groups excluding carboxylic acids is 2. The summed E-state index contributed by atoms with van der Waals surface area (Å²) in [7, 11) is 0. The third-order valence-corrected chi connectivity index (χ3v) is 6.58. The van der Waals surface area contributed by atoms with Gasteiger partial charge >= 0.3 is 0 Å². The summed E-state index contributed by atoms with van der Waals surface area (Å²) >= 11 is 1.46. The Bertz CT molecular complexity index is 1070. The SMILES string of the molecule is CC[C@H](C(=O)Nc1ccc([C@@H]2SCC(=O)N2c2ccccc2F)cc1)c1ccccc1. The smallest absolute Gasteiger partial charge is 0.238 e. The van der Waals surface area contributed by atoms with Crippen LogP contribution in [-0.2, 0) is 9.59 Å². The Kier molecular flexibility index (Phi) is 6.37. The third-order valence-electron chi connectivity index (χ3n) is 5.37. The van der Waals surface area contributed by atoms with Gasteiger partial charge in [0.15, 0.2) is 0 Å². The summed E-state index contributed by atoms with van der Waals surface area (Å²) in [5, 5.41) is 2.68. The molecule has 0 aliphatic carbocycles. The van der Waals surface area contributed by atoms with Gasteiger partial charge in [-0.05, 0) is 41.8 Å². The van der Waals surface area contributed by atoms with E-state index in [9.17, 15) is 14.0 Å². The van der Waals surface area contributed by atoms with Crippen molar-refractivity contribution in [3.8, 4) is 0 Å². The molecule has 1 saturated heterocycles. The van der Waals surface area contributed by atoms with Gasteiger partial charge in [0.1, 0.15) is 11.2 Å². The molecule has 0 unspecified atom stereocenters. The number of nitrogens with zero attached hydrogens (tertiary/aromatic N) is 1. The van der Waals surface area contributed by atoms with Crippen molar-refractivity contribution in [3.05, 3.63) is 95.8 Å². The summed E-state index contributed by atoms with van der Waals surface area (Å²) in [6.45, 7) is 1.99. The predicted molar refractivity (Wildman–Crippen MR) is 124 cm³/mol. The molecule has 1 N–H and O–H groups in total. The number of nitrogens with one attached hydrogen (secondary N) is 1. The zero-order chi connectivity index (χ0) is 21.8. The standard InChI is InChI=1S/C25H23FN2O2S/c1-2-20(17-8-4-3-5-9-17)24(30)27-19-14-12-18(13-15-19)25-28(23(29)16-31-25)22-11-7-6-10-21(22)26/h3-15,20,25H,2,16H2,1H3,(H,27,30)/t20-,25-/m0/s1. The van der Waals surface area contributed by atoms with Crippen LogP contribution in [0.3, 0.4) is 0 Å². The Hall–Kier alpha value is -3.12. The van der Waals surface area contributed by atoms with E-state index in [0.717, 1.165) is 11.1 Å². The molecule has 0 spiro atoms. The minimum Gasteiger partial charge on any atom is -0.326 e. The van der Waals surface area contributed by atoms with E-state index < -0.39 is 5.82 Å². The maximum Gasteiger partial charge on any atom is 0.238 e. The lowest BCUT2D eigenvalue weighted by molar-refractivity contribution is -0.118. The van der Waals surface area contributed by atoms with E-state index in [1.54, 1.807) is 18.2 Å². The van der Waals surface area contributed by atoms with Crippen LogP contribution in [0.1, 0.15) is 35.8 Å². The van der Waals surface area contributed by atoms with Crippen molar-refractivity contribution >= 4 is 35.0 Å². The summed E-state index contributed by atoms with van der Waals surface area (Å²) in [6, 6.07) is 23.4. The highest BCUT2D eigenvalue weighted by Crippen LogP contribution is 2.42. The largest absolute Gasteiger partial charge is 0.326 e. The molecule has 158 valence electrons. The van der Waals surface area contributed by atoms with Gasteiger partial charge in [-0.2, -0.15) is 0 Å². The van der Waals surface area contributed by atoms with Crippen LogP contribution in [0.5, 0.6) is 0 Å². The second-order valence-electron chi connectivity index (χ2n) is 7.36. The van der Waals surface area contributed by atoms with E-state index in [0.29, 0.717) is 17.9 Å². The van der Waals surface area contributed by atoms with Crippen molar-refractivity contribution in [2.75, 3.05) is 16.0 Å². The lowest BCUT2D eigenvalue weighted by atomic mass is 9.95. The van der Waals surface area contributed by atoms with E-state index in [1.165, 1.54) is 22.7 Å². The van der Waals surface area contributed by atoms with Crippen molar-refractivity contribution < 1.29 is 14.0 Å². The van der Waals surface area contributed by atoms with Crippen molar-refractivity contribution in [2.45, 2.75) is 24.6 Å². The van der Waals surface area contributed by atoms with Gasteiger partial charge < -0.3 is 5.32 Å². The number of para-hydroxylation sites is 1. The van der Waals surface area contributed by atoms with Crippen molar-refractivity contribution in [2.24, 2.45) is 0 Å². The number of amides is 2. The number of rotatable bonds is 6. The fourth-order valence-corrected chi connectivity index (χ4v) is 4.97. The van der Waals surface area contributed by atoms with Crippen LogP contribution in [0.25, 0.3) is 0 Å². The van der Waals surface area contributed by atoms with Gasteiger partial charge in [0.25, 0.3) is 0 Å². The molecule has 2 amide bonds. The molecule has 0 saturated carbocycles. The van der Waals surface area contributed by atoms with E-state index in [-0.39, 0.29) is 28.8 Å². The first kappa shape index (κ1) is 21.1. The number of anilines is 2. The maximum absolute atomic E-state index is 14.3. The first-order valence-electron chi connectivity index (χ1n) is 10.2. The second-order valence-corrected chi connectivity index (χ2v) is 8.43. The quantitative estimate of drug-likeness (QED) is 0.538. The lowest BCUT2D eigenvalue weighted by Gasteiger charge is -2.25. The lowest BCUT2D eigenvalue weighted by Crippen LogP contribution is -2.28. The molecule has 4 nitrogen and oxygen atoms in total. The van der Waals surface area contributed by atoms with Crippen molar-refractivity contribution in [1.82, 2.24) is 0 Å². The minimum atomic E-state index is -0.418. The molecule has 31 heavy (non-hydrogen) atoms. The number of hydrogen-bond donors (Lipinski definition) is 1. The monoisotopic (exact) mass is 434 g/mol. The summed E-state index contributed by atoms with van der Waals surface area (Å²) in [5.74, 6) is -0.516. The summed E-state index contributed by atoms with van der Waals surface area (Å²) in [4.78, 5) is 26.8. The zero-order valence-corrected chi connectivity index (χ0v) is 17.9. The first-order valence-corrected chi connectivity index (χ1v) is 11.3. The van der Waals surface area contributed by atoms with Gasteiger partial charge in [0.2, 0.25) is 11.8 Å². The van der Waals surface area contributed by atoms with Crippen molar-refractivity contribution in [1.29, 1.82) is 0 Å². The highest BCUT2D eigenvalue weighted by Gasteiger charge is 2.35. The molecule has 1 aliphatic rings. The van der Waals surface area contributed by atoms with Crippen LogP contribution in [0.2, 0.25) is 0 Å². The van der Waals surface area contributed by atoms with E-state index >= 15 is 0 Å². The van der Waals surface area contributed by atoms with E-state index in [4.69, 9.17) is 0 Å². The van der Waals surface area contributed by atoms with Crippen LogP contribution in [0.4, 0.5) is 15.8 Å². The molecule has 6 heteroatoms. The molecule has 0 bridgehead atoms. The fraction of sp³-hybridized carbons (Fsp3) is 0.200. The molecule has 3 aromatic carbocycles.